The molecule has 9 aromatic carbocycles. The van der Waals surface area contributed by atoms with Gasteiger partial charge in [0.2, 0.25) is 0 Å². The topological polar surface area (TPSA) is 9.86 Å². The Kier molecular flexibility index (Phi) is 7.53. The zero-order valence-corrected chi connectivity index (χ0v) is 30.7. The molecule has 0 saturated carbocycles. The molecule has 11 rings (SSSR count). The Bertz CT molecular complexity index is 3130. The van der Waals surface area contributed by atoms with Crippen molar-refractivity contribution in [1.29, 1.82) is 0 Å². The largest absolute Gasteiger partial charge is 0.309 e. The number of hydrogen-bond acceptors (Lipinski definition) is 0. The van der Waals surface area contributed by atoms with Crippen molar-refractivity contribution in [2.45, 2.75) is 0 Å². The number of rotatable bonds is 6. The van der Waals surface area contributed by atoms with E-state index in [1.54, 1.807) is 0 Å². The fourth-order valence-electron chi connectivity index (χ4n) is 8.58. The molecule has 0 N–H and O–H groups in total. The van der Waals surface area contributed by atoms with E-state index in [1.807, 2.05) is 0 Å². The molecule has 0 aliphatic heterocycles. The van der Waals surface area contributed by atoms with Gasteiger partial charge in [-0.05, 0) is 105 Å². The normalized spacial score (nSPS) is 11.6. The number of aromatic nitrogens is 2. The monoisotopic (exact) mass is 712 g/mol. The second-order valence-corrected chi connectivity index (χ2v) is 14.6. The molecule has 0 atom stereocenters. The molecule has 0 aliphatic carbocycles. The maximum absolute atomic E-state index is 2.39. The maximum Gasteiger partial charge on any atom is 0.0541 e. The lowest BCUT2D eigenvalue weighted by Crippen LogP contribution is -1.94. The van der Waals surface area contributed by atoms with Crippen molar-refractivity contribution in [3.63, 3.8) is 0 Å². The minimum absolute atomic E-state index is 1.16. The third-order valence-electron chi connectivity index (χ3n) is 11.4. The number of fused-ring (bicyclic) bond motifs is 6. The van der Waals surface area contributed by atoms with Gasteiger partial charge in [0.25, 0.3) is 0 Å². The Balaban J connectivity index is 0.977. The number of benzene rings is 9. The van der Waals surface area contributed by atoms with Crippen molar-refractivity contribution >= 4 is 43.6 Å². The molecule has 262 valence electrons. The second kappa shape index (κ2) is 13.2. The third kappa shape index (κ3) is 5.34. The molecule has 2 heterocycles. The summed E-state index contributed by atoms with van der Waals surface area (Å²) in [6.45, 7) is 0. The SMILES string of the molecule is c1ccc(-c2ccc(-c3ccc(-c4ccc5c(c4)c4cc(-c6ccc(-n7c8ccccc8c8ccccc87)cc6)ccc4n5-c4ccccc4)cc3)cc2)cc1. The van der Waals surface area contributed by atoms with Crippen LogP contribution in [0.1, 0.15) is 0 Å². The predicted molar refractivity (Wildman–Crippen MR) is 237 cm³/mol. The van der Waals surface area contributed by atoms with Gasteiger partial charge >= 0.3 is 0 Å². The van der Waals surface area contributed by atoms with E-state index in [0.717, 1.165) is 11.4 Å². The molecule has 2 heteroatoms. The first-order valence-electron chi connectivity index (χ1n) is 19.3. The van der Waals surface area contributed by atoms with Crippen LogP contribution >= 0.6 is 0 Å². The Morgan fingerprint density at radius 2 is 0.500 bits per heavy atom. The van der Waals surface area contributed by atoms with Gasteiger partial charge in [0.05, 0.1) is 22.1 Å². The maximum atomic E-state index is 2.39. The second-order valence-electron chi connectivity index (χ2n) is 14.6. The van der Waals surface area contributed by atoms with Crippen LogP contribution in [0.3, 0.4) is 0 Å². The summed E-state index contributed by atoms with van der Waals surface area (Å²) in [7, 11) is 0. The summed E-state index contributed by atoms with van der Waals surface area (Å²) in [5, 5.41) is 5.03. The average Bonchev–Trinajstić information content (AvgIpc) is 3.79. The van der Waals surface area contributed by atoms with Crippen LogP contribution in [-0.2, 0) is 0 Å². The molecule has 0 saturated heterocycles. The van der Waals surface area contributed by atoms with Gasteiger partial charge in [0.15, 0.2) is 0 Å². The van der Waals surface area contributed by atoms with Crippen molar-refractivity contribution in [3.8, 4) is 55.9 Å². The Hall–Kier alpha value is -7.42. The van der Waals surface area contributed by atoms with Crippen molar-refractivity contribution < 1.29 is 0 Å². The van der Waals surface area contributed by atoms with E-state index in [1.165, 1.54) is 88.1 Å². The first kappa shape index (κ1) is 32.0. The molecular weight excluding hydrogens is 677 g/mol. The van der Waals surface area contributed by atoms with Gasteiger partial charge in [-0.1, -0.05) is 158 Å². The molecule has 0 unspecified atom stereocenters. The molecule has 0 aliphatic rings. The molecule has 0 spiro atoms. The smallest absolute Gasteiger partial charge is 0.0541 e. The quantitative estimate of drug-likeness (QED) is 0.162. The Morgan fingerprint density at radius 3 is 0.964 bits per heavy atom. The van der Waals surface area contributed by atoms with E-state index >= 15 is 0 Å². The van der Waals surface area contributed by atoms with Crippen molar-refractivity contribution in [2.24, 2.45) is 0 Å². The number of nitrogens with zero attached hydrogens (tertiary/aromatic N) is 2. The molecule has 2 aromatic heterocycles. The lowest BCUT2D eigenvalue weighted by molar-refractivity contribution is 1.18. The highest BCUT2D eigenvalue weighted by molar-refractivity contribution is 6.12. The zero-order valence-electron chi connectivity index (χ0n) is 30.7. The van der Waals surface area contributed by atoms with Crippen molar-refractivity contribution in [1.82, 2.24) is 9.13 Å². The summed E-state index contributed by atoms with van der Waals surface area (Å²) in [4.78, 5) is 0. The molecule has 0 bridgehead atoms. The molecule has 0 radical (unpaired) electrons. The van der Waals surface area contributed by atoms with Crippen LogP contribution in [0.25, 0.3) is 99.5 Å². The molecule has 0 amide bonds. The zero-order chi connectivity index (χ0) is 37.0. The highest BCUT2D eigenvalue weighted by Crippen LogP contribution is 2.38. The van der Waals surface area contributed by atoms with Crippen LogP contribution in [0, 0.1) is 0 Å². The van der Waals surface area contributed by atoms with E-state index in [-0.39, 0.29) is 0 Å². The van der Waals surface area contributed by atoms with E-state index in [9.17, 15) is 0 Å². The Morgan fingerprint density at radius 1 is 0.196 bits per heavy atom. The van der Waals surface area contributed by atoms with E-state index in [0.29, 0.717) is 0 Å². The summed E-state index contributed by atoms with van der Waals surface area (Å²) >= 11 is 0. The highest BCUT2D eigenvalue weighted by atomic mass is 15.0. The molecule has 11 aromatic rings. The molecule has 56 heavy (non-hydrogen) atoms. The summed E-state index contributed by atoms with van der Waals surface area (Å²) < 4.78 is 4.77. The Labute approximate surface area is 325 Å². The molecule has 0 fully saturated rings. The minimum atomic E-state index is 1.16. The number of hydrogen-bond donors (Lipinski definition) is 0. The lowest BCUT2D eigenvalue weighted by atomic mass is 9.97. The lowest BCUT2D eigenvalue weighted by Gasteiger charge is -2.10. The first-order chi connectivity index (χ1) is 27.8. The van der Waals surface area contributed by atoms with Gasteiger partial charge in [-0.2, -0.15) is 0 Å². The van der Waals surface area contributed by atoms with Crippen LogP contribution in [0.4, 0.5) is 0 Å². The standard InChI is InChI=1S/C54H36N2/c1-3-11-37(12-4-1)38-19-21-39(22-20-38)40-23-25-41(26-24-40)43-29-33-53-49(35-43)50-36-44(30-34-54(50)55(53)45-13-5-2-6-14-45)42-27-31-46(32-28-42)56-51-17-9-7-15-47(51)48-16-8-10-18-52(48)56/h1-36H. The van der Waals surface area contributed by atoms with Crippen LogP contribution in [0.2, 0.25) is 0 Å². The fourth-order valence-corrected chi connectivity index (χ4v) is 8.58. The predicted octanol–water partition coefficient (Wildman–Crippen LogP) is 14.5. The molecule has 2 nitrogen and oxygen atoms in total. The number of para-hydroxylation sites is 3. The van der Waals surface area contributed by atoms with Gasteiger partial charge in [-0.15, -0.1) is 0 Å². The van der Waals surface area contributed by atoms with E-state index in [2.05, 4.69) is 228 Å². The minimum Gasteiger partial charge on any atom is -0.309 e. The summed E-state index contributed by atoms with van der Waals surface area (Å²) in [6, 6.07) is 79.3. The van der Waals surface area contributed by atoms with Crippen molar-refractivity contribution in [2.75, 3.05) is 0 Å². The summed E-state index contributed by atoms with van der Waals surface area (Å²) in [6.07, 6.45) is 0. The third-order valence-corrected chi connectivity index (χ3v) is 11.4. The van der Waals surface area contributed by atoms with Gasteiger partial charge in [-0.3, -0.25) is 0 Å². The van der Waals surface area contributed by atoms with Crippen molar-refractivity contribution in [3.05, 3.63) is 218 Å². The summed E-state index contributed by atoms with van der Waals surface area (Å²) in [5.41, 5.74) is 16.9. The van der Waals surface area contributed by atoms with Crippen LogP contribution in [-0.4, -0.2) is 9.13 Å². The van der Waals surface area contributed by atoms with Crippen LogP contribution < -0.4 is 0 Å². The van der Waals surface area contributed by atoms with E-state index < -0.39 is 0 Å². The molecular formula is C54H36N2. The summed E-state index contributed by atoms with van der Waals surface area (Å²) in [5.74, 6) is 0. The van der Waals surface area contributed by atoms with Gasteiger partial charge < -0.3 is 9.13 Å². The van der Waals surface area contributed by atoms with Crippen LogP contribution in [0.5, 0.6) is 0 Å². The van der Waals surface area contributed by atoms with Gasteiger partial charge in [0.1, 0.15) is 0 Å². The average molecular weight is 713 g/mol. The van der Waals surface area contributed by atoms with Gasteiger partial charge in [0, 0.05) is 32.9 Å². The van der Waals surface area contributed by atoms with Gasteiger partial charge in [-0.25, -0.2) is 0 Å². The fraction of sp³-hybridized carbons (Fsp3) is 0. The van der Waals surface area contributed by atoms with E-state index in [4.69, 9.17) is 0 Å². The highest BCUT2D eigenvalue weighted by Gasteiger charge is 2.16. The first-order valence-corrected chi connectivity index (χ1v) is 19.3. The van der Waals surface area contributed by atoms with Crippen LogP contribution in [0.15, 0.2) is 218 Å².